The molecule has 1 aromatic carbocycles. The largest absolute Gasteiger partial charge is 0.417 e. The second-order valence-corrected chi connectivity index (χ2v) is 4.95. The van der Waals surface area contributed by atoms with E-state index >= 15 is 0 Å². The van der Waals surface area contributed by atoms with Gasteiger partial charge in [-0.05, 0) is 36.5 Å². The molecule has 2 rings (SSSR count). The Morgan fingerprint density at radius 3 is 2.44 bits per heavy atom. The molecule has 16 heavy (non-hydrogen) atoms. The van der Waals surface area contributed by atoms with Crippen molar-refractivity contribution < 1.29 is 13.2 Å². The Hall–Kier alpha value is -0.550. The maximum Gasteiger partial charge on any atom is 0.417 e. The Kier molecular flexibility index (Phi) is 3.01. The molecule has 2 N–H and O–H groups in total. The van der Waals surface area contributed by atoms with Crippen molar-refractivity contribution in [3.8, 4) is 0 Å². The zero-order chi connectivity index (χ0) is 11.9. The third kappa shape index (κ3) is 2.40. The van der Waals surface area contributed by atoms with E-state index in [9.17, 15) is 13.2 Å². The van der Waals surface area contributed by atoms with Crippen molar-refractivity contribution in [1.82, 2.24) is 0 Å². The minimum Gasteiger partial charge on any atom is -0.324 e. The van der Waals surface area contributed by atoms with Gasteiger partial charge in [0.05, 0.1) is 5.56 Å². The Morgan fingerprint density at radius 1 is 1.31 bits per heavy atom. The molecule has 1 aromatic rings. The van der Waals surface area contributed by atoms with Crippen LogP contribution in [0.15, 0.2) is 22.7 Å². The minimum atomic E-state index is -4.34. The van der Waals surface area contributed by atoms with Gasteiger partial charge in [0.1, 0.15) is 0 Å². The van der Waals surface area contributed by atoms with Crippen molar-refractivity contribution in [2.75, 3.05) is 0 Å². The summed E-state index contributed by atoms with van der Waals surface area (Å²) in [7, 11) is 0. The Labute approximate surface area is 100.0 Å². The molecule has 1 aliphatic rings. The van der Waals surface area contributed by atoms with Crippen molar-refractivity contribution in [1.29, 1.82) is 0 Å². The molecule has 0 bridgehead atoms. The number of benzene rings is 1. The van der Waals surface area contributed by atoms with Gasteiger partial charge in [0.15, 0.2) is 0 Å². The van der Waals surface area contributed by atoms with Crippen molar-refractivity contribution in [3.05, 3.63) is 33.8 Å². The number of alkyl halides is 3. The summed E-state index contributed by atoms with van der Waals surface area (Å²) in [5.41, 5.74) is 5.80. The normalized spacial score (nSPS) is 18.6. The molecule has 1 fully saturated rings. The monoisotopic (exact) mass is 293 g/mol. The molecule has 1 nitrogen and oxygen atoms in total. The average Bonchev–Trinajstić information content (AvgIpc) is 2.98. The van der Waals surface area contributed by atoms with Gasteiger partial charge in [-0.1, -0.05) is 22.0 Å². The molecule has 0 spiro atoms. The topological polar surface area (TPSA) is 26.0 Å². The fraction of sp³-hybridized carbons (Fsp3) is 0.455. The summed E-state index contributed by atoms with van der Waals surface area (Å²) in [4.78, 5) is 0. The number of rotatable bonds is 2. The second-order valence-electron chi connectivity index (χ2n) is 4.10. The minimum absolute atomic E-state index is 0.0618. The molecule has 1 atom stereocenters. The number of halogens is 4. The highest BCUT2D eigenvalue weighted by Crippen LogP contribution is 2.42. The van der Waals surface area contributed by atoms with Crippen LogP contribution in [0.25, 0.3) is 0 Å². The summed E-state index contributed by atoms with van der Waals surface area (Å²) >= 11 is 2.91. The fourth-order valence-corrected chi connectivity index (χ4v) is 2.17. The molecule has 1 aliphatic carbocycles. The van der Waals surface area contributed by atoms with Gasteiger partial charge >= 0.3 is 6.18 Å². The molecule has 0 aliphatic heterocycles. The van der Waals surface area contributed by atoms with Gasteiger partial charge in [-0.3, -0.25) is 0 Å². The first-order valence-corrected chi connectivity index (χ1v) is 5.81. The van der Waals surface area contributed by atoms with Gasteiger partial charge < -0.3 is 5.73 Å². The van der Waals surface area contributed by atoms with E-state index < -0.39 is 11.7 Å². The van der Waals surface area contributed by atoms with E-state index in [2.05, 4.69) is 15.9 Å². The van der Waals surface area contributed by atoms with E-state index in [1.807, 2.05) is 0 Å². The van der Waals surface area contributed by atoms with Gasteiger partial charge in [-0.15, -0.1) is 0 Å². The number of hydrogen-bond donors (Lipinski definition) is 1. The lowest BCUT2D eigenvalue weighted by Gasteiger charge is -2.15. The summed E-state index contributed by atoms with van der Waals surface area (Å²) in [5, 5.41) is 0. The SMILES string of the molecule is NC(c1ccc(Br)c(C(F)(F)F)c1)C1CC1. The Balaban J connectivity index is 2.34. The summed E-state index contributed by atoms with van der Waals surface area (Å²) in [5.74, 6) is 0.349. The van der Waals surface area contributed by atoms with Crippen LogP contribution in [0.2, 0.25) is 0 Å². The van der Waals surface area contributed by atoms with Gasteiger partial charge in [0.2, 0.25) is 0 Å². The van der Waals surface area contributed by atoms with Gasteiger partial charge in [-0.2, -0.15) is 13.2 Å². The third-order valence-corrected chi connectivity index (χ3v) is 3.50. The van der Waals surface area contributed by atoms with Gasteiger partial charge in [-0.25, -0.2) is 0 Å². The fourth-order valence-electron chi connectivity index (χ4n) is 1.69. The zero-order valence-corrected chi connectivity index (χ0v) is 9.98. The first-order valence-electron chi connectivity index (χ1n) is 5.02. The van der Waals surface area contributed by atoms with Crippen LogP contribution in [0.5, 0.6) is 0 Å². The van der Waals surface area contributed by atoms with Crippen LogP contribution in [0.3, 0.4) is 0 Å². The summed E-state index contributed by atoms with van der Waals surface area (Å²) in [6.07, 6.45) is -2.31. The molecule has 0 heterocycles. The van der Waals surface area contributed by atoms with E-state index in [1.54, 1.807) is 6.07 Å². The molecule has 1 unspecified atom stereocenters. The highest BCUT2D eigenvalue weighted by atomic mass is 79.9. The van der Waals surface area contributed by atoms with Crippen LogP contribution in [0, 0.1) is 5.92 Å². The van der Waals surface area contributed by atoms with Crippen LogP contribution in [-0.2, 0) is 6.18 Å². The van der Waals surface area contributed by atoms with E-state index in [0.29, 0.717) is 11.5 Å². The van der Waals surface area contributed by atoms with Crippen LogP contribution in [-0.4, -0.2) is 0 Å². The summed E-state index contributed by atoms with van der Waals surface area (Å²) < 4.78 is 38.0. The van der Waals surface area contributed by atoms with Crippen LogP contribution < -0.4 is 5.73 Å². The summed E-state index contributed by atoms with van der Waals surface area (Å²) in [6.45, 7) is 0. The predicted octanol–water partition coefficient (Wildman–Crippen LogP) is 3.88. The first-order chi connectivity index (χ1) is 7.39. The van der Waals surface area contributed by atoms with Crippen molar-refractivity contribution in [2.45, 2.75) is 25.1 Å². The first kappa shape index (κ1) is 11.9. The molecular formula is C11H11BrF3N. The zero-order valence-electron chi connectivity index (χ0n) is 8.39. The molecule has 0 saturated heterocycles. The predicted molar refractivity (Wildman–Crippen MR) is 58.8 cm³/mol. The van der Waals surface area contributed by atoms with Gasteiger partial charge in [0, 0.05) is 10.5 Å². The van der Waals surface area contributed by atoms with Gasteiger partial charge in [0.25, 0.3) is 0 Å². The molecule has 0 aromatic heterocycles. The second kappa shape index (κ2) is 4.04. The maximum atomic E-state index is 12.6. The Morgan fingerprint density at radius 2 is 1.94 bits per heavy atom. The standard InChI is InChI=1S/C11H11BrF3N/c12-9-4-3-7(10(16)6-1-2-6)5-8(9)11(13,14)15/h3-6,10H,1-2,16H2. The third-order valence-electron chi connectivity index (χ3n) is 2.81. The lowest BCUT2D eigenvalue weighted by molar-refractivity contribution is -0.138. The molecule has 5 heteroatoms. The lowest BCUT2D eigenvalue weighted by atomic mass is 10.0. The number of nitrogens with two attached hydrogens (primary N) is 1. The molecule has 88 valence electrons. The van der Waals surface area contributed by atoms with E-state index in [4.69, 9.17) is 5.73 Å². The smallest absolute Gasteiger partial charge is 0.324 e. The van der Waals surface area contributed by atoms with Crippen LogP contribution in [0.1, 0.15) is 30.0 Å². The summed E-state index contributed by atoms with van der Waals surface area (Å²) in [6, 6.07) is 3.95. The van der Waals surface area contributed by atoms with Crippen molar-refractivity contribution in [2.24, 2.45) is 11.7 Å². The molecule has 0 amide bonds. The van der Waals surface area contributed by atoms with E-state index in [1.165, 1.54) is 6.07 Å². The number of hydrogen-bond acceptors (Lipinski definition) is 1. The molecular weight excluding hydrogens is 283 g/mol. The highest BCUT2D eigenvalue weighted by Gasteiger charge is 2.35. The lowest BCUT2D eigenvalue weighted by Crippen LogP contribution is -2.14. The van der Waals surface area contributed by atoms with Crippen LogP contribution >= 0.6 is 15.9 Å². The van der Waals surface area contributed by atoms with E-state index in [0.717, 1.165) is 18.9 Å². The van der Waals surface area contributed by atoms with Crippen molar-refractivity contribution in [3.63, 3.8) is 0 Å². The van der Waals surface area contributed by atoms with E-state index in [-0.39, 0.29) is 10.5 Å². The maximum absolute atomic E-state index is 12.6. The quantitative estimate of drug-likeness (QED) is 0.880. The molecule has 0 radical (unpaired) electrons. The molecule has 1 saturated carbocycles. The highest BCUT2D eigenvalue weighted by molar-refractivity contribution is 9.10. The van der Waals surface area contributed by atoms with Crippen molar-refractivity contribution >= 4 is 15.9 Å². The Bertz CT molecular complexity index is 399. The average molecular weight is 294 g/mol. The van der Waals surface area contributed by atoms with Crippen LogP contribution in [0.4, 0.5) is 13.2 Å².